The van der Waals surface area contributed by atoms with E-state index in [1.54, 1.807) is 10.8 Å². The van der Waals surface area contributed by atoms with E-state index in [1.807, 2.05) is 6.92 Å². The molecule has 134 valence electrons. The van der Waals surface area contributed by atoms with E-state index in [0.717, 1.165) is 41.9 Å². The Kier molecular flexibility index (Phi) is 3.07. The Labute approximate surface area is 148 Å². The van der Waals surface area contributed by atoms with Crippen molar-refractivity contribution in [3.8, 4) is 0 Å². The van der Waals surface area contributed by atoms with Gasteiger partial charge in [0.05, 0.1) is 17.0 Å². The Hall–Kier alpha value is -1.69. The van der Waals surface area contributed by atoms with Gasteiger partial charge in [-0.2, -0.15) is 9.61 Å². The highest BCUT2D eigenvalue weighted by Crippen LogP contribution is 2.63. The molecule has 0 spiro atoms. The molecule has 0 saturated heterocycles. The van der Waals surface area contributed by atoms with Crippen LogP contribution in [0.4, 0.5) is 5.69 Å². The SMILES string of the molecule is Cc1nn2cnnc2c(NC(C)C23CC4CC(CC(O)(C4)C2)C3)c1C. The first-order valence-electron chi connectivity index (χ1n) is 9.54. The Morgan fingerprint density at radius 2 is 1.96 bits per heavy atom. The molecule has 0 radical (unpaired) electrons. The highest BCUT2D eigenvalue weighted by Gasteiger charge is 2.58. The first kappa shape index (κ1) is 15.6. The number of rotatable bonds is 3. The molecule has 4 fully saturated rings. The van der Waals surface area contributed by atoms with Gasteiger partial charge < -0.3 is 10.4 Å². The topological polar surface area (TPSA) is 75.3 Å². The van der Waals surface area contributed by atoms with Crippen LogP contribution in [0.2, 0.25) is 0 Å². The summed E-state index contributed by atoms with van der Waals surface area (Å²) in [4.78, 5) is 0. The van der Waals surface area contributed by atoms with Crippen LogP contribution in [0.5, 0.6) is 0 Å². The molecule has 25 heavy (non-hydrogen) atoms. The van der Waals surface area contributed by atoms with Gasteiger partial charge in [-0.3, -0.25) is 0 Å². The van der Waals surface area contributed by atoms with Gasteiger partial charge in [0.1, 0.15) is 6.33 Å². The molecule has 2 N–H and O–H groups in total. The average Bonchev–Trinajstić information content (AvgIpc) is 2.97. The van der Waals surface area contributed by atoms with E-state index in [4.69, 9.17) is 0 Å². The molecular formula is C19H27N5O. The maximum Gasteiger partial charge on any atom is 0.200 e. The monoisotopic (exact) mass is 341 g/mol. The molecule has 4 aliphatic rings. The van der Waals surface area contributed by atoms with Crippen LogP contribution in [-0.2, 0) is 0 Å². The van der Waals surface area contributed by atoms with Gasteiger partial charge in [-0.05, 0) is 82.1 Å². The average molecular weight is 341 g/mol. The minimum Gasteiger partial charge on any atom is -0.390 e. The second-order valence-electron chi connectivity index (χ2n) is 9.10. The van der Waals surface area contributed by atoms with Crippen LogP contribution in [0.1, 0.15) is 56.7 Å². The summed E-state index contributed by atoms with van der Waals surface area (Å²) in [6, 6.07) is 0.297. The first-order chi connectivity index (χ1) is 11.9. The van der Waals surface area contributed by atoms with Crippen molar-refractivity contribution in [1.29, 1.82) is 0 Å². The number of aliphatic hydroxyl groups is 1. The second kappa shape index (κ2) is 4.93. The molecule has 2 aromatic heterocycles. The van der Waals surface area contributed by atoms with Crippen LogP contribution < -0.4 is 5.32 Å². The minimum atomic E-state index is -0.423. The maximum absolute atomic E-state index is 11.1. The van der Waals surface area contributed by atoms with Gasteiger partial charge in [-0.25, -0.2) is 0 Å². The van der Waals surface area contributed by atoms with E-state index in [2.05, 4.69) is 34.5 Å². The Balaban J connectivity index is 1.51. The highest BCUT2D eigenvalue weighted by molar-refractivity contribution is 5.71. The zero-order chi connectivity index (χ0) is 17.4. The van der Waals surface area contributed by atoms with Crippen LogP contribution in [0, 0.1) is 31.1 Å². The third-order valence-corrected chi connectivity index (χ3v) is 7.28. The zero-order valence-electron chi connectivity index (χ0n) is 15.3. The van der Waals surface area contributed by atoms with Crippen molar-refractivity contribution < 1.29 is 5.11 Å². The fourth-order valence-corrected chi connectivity index (χ4v) is 6.39. The van der Waals surface area contributed by atoms with E-state index >= 15 is 0 Å². The molecule has 0 aromatic carbocycles. The fraction of sp³-hybridized carbons (Fsp3) is 0.737. The standard InChI is InChI=1S/C19H27N5O/c1-11-12(2)23-24-10-20-22-17(24)16(11)21-13(3)18-5-14-4-15(6-18)8-19(25,7-14)9-18/h10,13-15,21,25H,4-9H2,1-3H3. The van der Waals surface area contributed by atoms with E-state index in [-0.39, 0.29) is 5.41 Å². The first-order valence-corrected chi connectivity index (χ1v) is 9.54. The largest absolute Gasteiger partial charge is 0.390 e. The van der Waals surface area contributed by atoms with Crippen LogP contribution in [0.3, 0.4) is 0 Å². The smallest absolute Gasteiger partial charge is 0.200 e. The molecule has 3 atom stereocenters. The molecule has 3 unspecified atom stereocenters. The summed E-state index contributed by atoms with van der Waals surface area (Å²) >= 11 is 0. The molecule has 4 bridgehead atoms. The molecular weight excluding hydrogens is 314 g/mol. The predicted molar refractivity (Wildman–Crippen MR) is 95.4 cm³/mol. The van der Waals surface area contributed by atoms with Gasteiger partial charge in [-0.15, -0.1) is 10.2 Å². The zero-order valence-corrected chi connectivity index (χ0v) is 15.3. The van der Waals surface area contributed by atoms with Crippen LogP contribution in [-0.4, -0.2) is 36.6 Å². The predicted octanol–water partition coefficient (Wildman–Crippen LogP) is 2.87. The number of aromatic nitrogens is 4. The van der Waals surface area contributed by atoms with E-state index in [0.29, 0.717) is 17.9 Å². The summed E-state index contributed by atoms with van der Waals surface area (Å²) in [6.45, 7) is 6.41. The van der Waals surface area contributed by atoms with Crippen LogP contribution in [0.25, 0.3) is 5.65 Å². The normalized spacial score (nSPS) is 37.6. The van der Waals surface area contributed by atoms with E-state index in [9.17, 15) is 5.11 Å². The molecule has 4 aliphatic carbocycles. The van der Waals surface area contributed by atoms with Crippen molar-refractivity contribution in [3.05, 3.63) is 17.6 Å². The number of nitrogens with zero attached hydrogens (tertiary/aromatic N) is 4. The van der Waals surface area contributed by atoms with Crippen molar-refractivity contribution in [1.82, 2.24) is 19.8 Å². The molecule has 0 aliphatic heterocycles. The van der Waals surface area contributed by atoms with Gasteiger partial charge in [0.15, 0.2) is 0 Å². The Bertz CT molecular complexity index is 830. The van der Waals surface area contributed by atoms with Gasteiger partial charge >= 0.3 is 0 Å². The van der Waals surface area contributed by atoms with Crippen molar-refractivity contribution in [3.63, 3.8) is 0 Å². The lowest BCUT2D eigenvalue weighted by molar-refractivity contribution is -0.167. The van der Waals surface area contributed by atoms with Crippen molar-refractivity contribution in [2.45, 2.75) is 70.9 Å². The summed E-state index contributed by atoms with van der Waals surface area (Å²) < 4.78 is 1.75. The van der Waals surface area contributed by atoms with E-state index < -0.39 is 5.60 Å². The van der Waals surface area contributed by atoms with Gasteiger partial charge in [0, 0.05) is 6.04 Å². The van der Waals surface area contributed by atoms with E-state index in [1.165, 1.54) is 19.3 Å². The number of hydrogen-bond donors (Lipinski definition) is 2. The summed E-state index contributed by atoms with van der Waals surface area (Å²) in [5.41, 5.74) is 3.73. The summed E-state index contributed by atoms with van der Waals surface area (Å²) in [6.07, 6.45) is 8.43. The van der Waals surface area contributed by atoms with Crippen molar-refractivity contribution in [2.24, 2.45) is 17.3 Å². The quantitative estimate of drug-likeness (QED) is 0.898. The lowest BCUT2D eigenvalue weighted by Gasteiger charge is -2.62. The fourth-order valence-electron chi connectivity index (χ4n) is 6.39. The lowest BCUT2D eigenvalue weighted by Crippen LogP contribution is -2.60. The molecule has 2 aromatic rings. The Morgan fingerprint density at radius 1 is 1.24 bits per heavy atom. The molecule has 4 saturated carbocycles. The number of anilines is 1. The van der Waals surface area contributed by atoms with Gasteiger partial charge in [0.2, 0.25) is 5.65 Å². The maximum atomic E-state index is 11.1. The summed E-state index contributed by atoms with van der Waals surface area (Å²) in [5.74, 6) is 1.40. The lowest BCUT2D eigenvalue weighted by atomic mass is 9.46. The molecule has 6 heteroatoms. The van der Waals surface area contributed by atoms with Crippen LogP contribution >= 0.6 is 0 Å². The molecule has 6 rings (SSSR count). The summed E-state index contributed by atoms with van der Waals surface area (Å²) in [5, 5.41) is 27.7. The van der Waals surface area contributed by atoms with Crippen LogP contribution in [0.15, 0.2) is 6.33 Å². The third kappa shape index (κ3) is 2.23. The minimum absolute atomic E-state index is 0.194. The number of aryl methyl sites for hydroxylation is 1. The second-order valence-corrected chi connectivity index (χ2v) is 9.10. The van der Waals surface area contributed by atoms with Crippen molar-refractivity contribution >= 4 is 11.3 Å². The third-order valence-electron chi connectivity index (χ3n) is 7.28. The number of nitrogens with one attached hydrogen (secondary N) is 1. The highest BCUT2D eigenvalue weighted by atomic mass is 16.3. The number of fused-ring (bicyclic) bond motifs is 1. The molecule has 6 nitrogen and oxygen atoms in total. The van der Waals surface area contributed by atoms with Gasteiger partial charge in [0.25, 0.3) is 0 Å². The Morgan fingerprint density at radius 3 is 2.64 bits per heavy atom. The molecule has 0 amide bonds. The number of hydrogen-bond acceptors (Lipinski definition) is 5. The van der Waals surface area contributed by atoms with Crippen molar-refractivity contribution in [2.75, 3.05) is 5.32 Å². The van der Waals surface area contributed by atoms with Gasteiger partial charge in [-0.1, -0.05) is 0 Å². The molecule has 2 heterocycles. The summed E-state index contributed by atoms with van der Waals surface area (Å²) in [7, 11) is 0.